The van der Waals surface area contributed by atoms with E-state index in [9.17, 15) is 14.4 Å². The Morgan fingerprint density at radius 2 is 1.85 bits per heavy atom. The predicted molar refractivity (Wildman–Crippen MR) is 99.4 cm³/mol. The van der Waals surface area contributed by atoms with Crippen LogP contribution in [0.25, 0.3) is 0 Å². The van der Waals surface area contributed by atoms with E-state index < -0.39 is 24.0 Å². The highest BCUT2D eigenvalue weighted by Gasteiger charge is 2.26. The van der Waals surface area contributed by atoms with Gasteiger partial charge in [0.25, 0.3) is 5.91 Å². The summed E-state index contributed by atoms with van der Waals surface area (Å²) in [5, 5.41) is 6.91. The second-order valence-corrected chi connectivity index (χ2v) is 8.07. The summed E-state index contributed by atoms with van der Waals surface area (Å²) in [7, 11) is 0. The number of carbonyl (C=O) groups excluding carboxylic acids is 3. The van der Waals surface area contributed by atoms with Crippen LogP contribution in [0.3, 0.4) is 0 Å². The number of imide groups is 1. The standard InChI is InChI=1S/C19H26N2O4S/c1-12(17(22)21-19(24)20-13-7-3-2-4-8-13)25-18(23)15-11-26-16-10-6-5-9-14(15)16/h11-13H,2-10H2,1H3,(H2,20,21,22,24)/t12-/m0/s1. The maximum atomic E-state index is 12.4. The minimum atomic E-state index is -1.02. The van der Waals surface area contributed by atoms with Gasteiger partial charge < -0.3 is 10.1 Å². The third-order valence-electron chi connectivity index (χ3n) is 5.11. The number of esters is 1. The molecule has 7 heteroatoms. The number of urea groups is 1. The topological polar surface area (TPSA) is 84.5 Å². The lowest BCUT2D eigenvalue weighted by Gasteiger charge is -2.23. The summed E-state index contributed by atoms with van der Waals surface area (Å²) < 4.78 is 5.29. The van der Waals surface area contributed by atoms with Crippen molar-refractivity contribution in [3.05, 3.63) is 21.4 Å². The number of aryl methyl sites for hydroxylation is 1. The predicted octanol–water partition coefficient (Wildman–Crippen LogP) is 3.33. The molecule has 0 aliphatic heterocycles. The second-order valence-electron chi connectivity index (χ2n) is 7.10. The van der Waals surface area contributed by atoms with Crippen LogP contribution in [-0.2, 0) is 22.4 Å². The Labute approximate surface area is 157 Å². The first-order valence-corrected chi connectivity index (χ1v) is 10.3. The number of nitrogens with one attached hydrogen (secondary N) is 2. The van der Waals surface area contributed by atoms with Gasteiger partial charge in [-0.2, -0.15) is 0 Å². The minimum absolute atomic E-state index is 0.117. The van der Waals surface area contributed by atoms with E-state index in [0.717, 1.165) is 56.9 Å². The fourth-order valence-corrected chi connectivity index (χ4v) is 4.74. The van der Waals surface area contributed by atoms with E-state index in [1.54, 1.807) is 11.3 Å². The van der Waals surface area contributed by atoms with Crippen LogP contribution in [0.5, 0.6) is 0 Å². The molecular weight excluding hydrogens is 352 g/mol. The normalized spacial score (nSPS) is 18.5. The molecule has 0 bridgehead atoms. The minimum Gasteiger partial charge on any atom is -0.449 e. The summed E-state index contributed by atoms with van der Waals surface area (Å²) in [6.07, 6.45) is 8.36. The van der Waals surface area contributed by atoms with Crippen LogP contribution < -0.4 is 10.6 Å². The molecule has 2 aliphatic carbocycles. The zero-order chi connectivity index (χ0) is 18.5. The van der Waals surface area contributed by atoms with E-state index in [-0.39, 0.29) is 6.04 Å². The number of carbonyl (C=O) groups is 3. The molecule has 2 N–H and O–H groups in total. The molecule has 0 aromatic carbocycles. The van der Waals surface area contributed by atoms with Crippen molar-refractivity contribution in [1.82, 2.24) is 10.6 Å². The summed E-state index contributed by atoms with van der Waals surface area (Å²) in [6.45, 7) is 1.49. The van der Waals surface area contributed by atoms with Gasteiger partial charge in [-0.1, -0.05) is 19.3 Å². The van der Waals surface area contributed by atoms with E-state index in [1.807, 2.05) is 5.38 Å². The number of hydrogen-bond donors (Lipinski definition) is 2. The van der Waals surface area contributed by atoms with Gasteiger partial charge in [-0.15, -0.1) is 11.3 Å². The lowest BCUT2D eigenvalue weighted by atomic mass is 9.96. The molecule has 1 atom stereocenters. The first kappa shape index (κ1) is 18.9. The van der Waals surface area contributed by atoms with Gasteiger partial charge in [0.2, 0.25) is 0 Å². The molecule has 3 amide bonds. The van der Waals surface area contributed by atoms with Crippen molar-refractivity contribution in [3.63, 3.8) is 0 Å². The number of ether oxygens (including phenoxy) is 1. The van der Waals surface area contributed by atoms with Gasteiger partial charge in [-0.05, 0) is 51.0 Å². The number of amides is 3. The number of hydrogen-bond acceptors (Lipinski definition) is 5. The van der Waals surface area contributed by atoms with Crippen LogP contribution in [0.15, 0.2) is 5.38 Å². The molecule has 142 valence electrons. The third kappa shape index (κ3) is 4.63. The summed E-state index contributed by atoms with van der Waals surface area (Å²) in [4.78, 5) is 37.7. The van der Waals surface area contributed by atoms with Crippen LogP contribution in [0.1, 0.15) is 72.7 Å². The van der Waals surface area contributed by atoms with Crippen molar-refractivity contribution in [2.24, 2.45) is 0 Å². The molecule has 1 saturated carbocycles. The quantitative estimate of drug-likeness (QED) is 0.787. The Kier molecular flexibility index (Phi) is 6.29. The zero-order valence-electron chi connectivity index (χ0n) is 15.1. The van der Waals surface area contributed by atoms with Crippen LogP contribution in [0, 0.1) is 0 Å². The Hall–Kier alpha value is -1.89. The monoisotopic (exact) mass is 378 g/mol. The molecule has 0 saturated heterocycles. The van der Waals surface area contributed by atoms with Crippen LogP contribution in [0.2, 0.25) is 0 Å². The highest BCUT2D eigenvalue weighted by molar-refractivity contribution is 7.10. The van der Waals surface area contributed by atoms with E-state index in [0.29, 0.717) is 5.56 Å². The summed E-state index contributed by atoms with van der Waals surface area (Å²) in [5.74, 6) is -1.09. The van der Waals surface area contributed by atoms with E-state index in [1.165, 1.54) is 18.2 Å². The average Bonchev–Trinajstić information content (AvgIpc) is 3.06. The fraction of sp³-hybridized carbons (Fsp3) is 0.632. The Morgan fingerprint density at radius 1 is 1.12 bits per heavy atom. The molecule has 3 rings (SSSR count). The van der Waals surface area contributed by atoms with Crippen LogP contribution in [-0.4, -0.2) is 30.1 Å². The number of rotatable bonds is 4. The fourth-order valence-electron chi connectivity index (χ4n) is 3.62. The van der Waals surface area contributed by atoms with Crippen molar-refractivity contribution in [2.45, 2.75) is 76.9 Å². The zero-order valence-corrected chi connectivity index (χ0v) is 16.0. The molecule has 1 fully saturated rings. The third-order valence-corrected chi connectivity index (χ3v) is 6.20. The van der Waals surface area contributed by atoms with Gasteiger partial charge in [0.1, 0.15) is 0 Å². The van der Waals surface area contributed by atoms with Gasteiger partial charge in [0.05, 0.1) is 5.56 Å². The smallest absolute Gasteiger partial charge is 0.340 e. The van der Waals surface area contributed by atoms with Crippen molar-refractivity contribution >= 4 is 29.2 Å². The molecule has 1 heterocycles. The molecule has 1 aromatic heterocycles. The Balaban J connectivity index is 1.49. The summed E-state index contributed by atoms with van der Waals surface area (Å²) in [6, 6.07) is -0.399. The highest BCUT2D eigenvalue weighted by atomic mass is 32.1. The molecule has 1 aromatic rings. The van der Waals surface area contributed by atoms with Gasteiger partial charge in [-0.3, -0.25) is 10.1 Å². The Morgan fingerprint density at radius 3 is 2.62 bits per heavy atom. The second kappa shape index (κ2) is 8.66. The van der Waals surface area contributed by atoms with Crippen LogP contribution >= 0.6 is 11.3 Å². The van der Waals surface area contributed by atoms with Crippen molar-refractivity contribution < 1.29 is 19.1 Å². The number of fused-ring (bicyclic) bond motifs is 1. The summed E-state index contributed by atoms with van der Waals surface area (Å²) >= 11 is 1.58. The molecule has 0 radical (unpaired) electrons. The van der Waals surface area contributed by atoms with Gasteiger partial charge in [0.15, 0.2) is 6.10 Å². The van der Waals surface area contributed by atoms with Crippen molar-refractivity contribution in [1.29, 1.82) is 0 Å². The SMILES string of the molecule is C[C@H](OC(=O)c1csc2c1CCCC2)C(=O)NC(=O)NC1CCCCC1. The average molecular weight is 378 g/mol. The van der Waals surface area contributed by atoms with Crippen molar-refractivity contribution in [2.75, 3.05) is 0 Å². The van der Waals surface area contributed by atoms with Gasteiger partial charge in [0, 0.05) is 16.3 Å². The lowest BCUT2D eigenvalue weighted by molar-refractivity contribution is -0.127. The molecule has 2 aliphatic rings. The van der Waals surface area contributed by atoms with E-state index in [2.05, 4.69) is 10.6 Å². The summed E-state index contributed by atoms with van der Waals surface area (Å²) in [5.41, 5.74) is 1.63. The highest BCUT2D eigenvalue weighted by Crippen LogP contribution is 2.30. The first-order valence-electron chi connectivity index (χ1n) is 9.46. The molecule has 0 unspecified atom stereocenters. The van der Waals surface area contributed by atoms with Crippen LogP contribution in [0.4, 0.5) is 4.79 Å². The first-order chi connectivity index (χ1) is 12.5. The van der Waals surface area contributed by atoms with Gasteiger partial charge in [-0.25, -0.2) is 9.59 Å². The largest absolute Gasteiger partial charge is 0.449 e. The maximum absolute atomic E-state index is 12.4. The molecule has 0 spiro atoms. The molecular formula is C19H26N2O4S. The van der Waals surface area contributed by atoms with Gasteiger partial charge >= 0.3 is 12.0 Å². The molecule has 6 nitrogen and oxygen atoms in total. The Bertz CT molecular complexity index is 679. The van der Waals surface area contributed by atoms with E-state index in [4.69, 9.17) is 4.74 Å². The number of thiophene rings is 1. The lowest BCUT2D eigenvalue weighted by Crippen LogP contribution is -2.48. The van der Waals surface area contributed by atoms with Crippen molar-refractivity contribution in [3.8, 4) is 0 Å². The molecule has 26 heavy (non-hydrogen) atoms. The maximum Gasteiger partial charge on any atom is 0.340 e. The van der Waals surface area contributed by atoms with E-state index >= 15 is 0 Å².